The molecule has 1 fully saturated rings. The fourth-order valence-corrected chi connectivity index (χ4v) is 5.88. The standard InChI is InChI=1S/C21H23N3O7S2/c1-32(27,28)16-6-4-15(5-7-16)22-20(25)10-13-24-18-9-8-17(14-19(18)31-21(24)26)33(29,30)23-11-2-3-12-23/h4-9,14H,2-3,10-13H2,1H3,(H,22,25). The maximum absolute atomic E-state index is 12.7. The topological polar surface area (TPSA) is 136 Å². The van der Waals surface area contributed by atoms with Crippen LogP contribution in [0.4, 0.5) is 5.69 Å². The Morgan fingerprint density at radius 3 is 2.27 bits per heavy atom. The Morgan fingerprint density at radius 1 is 1.00 bits per heavy atom. The summed E-state index contributed by atoms with van der Waals surface area (Å²) < 4.78 is 56.4. The molecule has 0 bridgehead atoms. The van der Waals surface area contributed by atoms with E-state index in [1.165, 1.54) is 51.3 Å². The van der Waals surface area contributed by atoms with Gasteiger partial charge in [-0.3, -0.25) is 9.36 Å². The van der Waals surface area contributed by atoms with Gasteiger partial charge in [-0.2, -0.15) is 4.31 Å². The van der Waals surface area contributed by atoms with Crippen molar-refractivity contribution in [2.75, 3.05) is 24.7 Å². The molecule has 2 aromatic carbocycles. The van der Waals surface area contributed by atoms with Crippen LogP contribution in [0, 0.1) is 0 Å². The molecule has 1 aliphatic heterocycles. The number of hydrogen-bond acceptors (Lipinski definition) is 7. The largest absolute Gasteiger partial charge is 0.419 e. The van der Waals surface area contributed by atoms with E-state index in [0.29, 0.717) is 24.3 Å². The molecule has 0 unspecified atom stereocenters. The minimum absolute atomic E-state index is 0.0251. The number of aromatic nitrogens is 1. The van der Waals surface area contributed by atoms with Crippen molar-refractivity contribution >= 4 is 42.6 Å². The number of amides is 1. The summed E-state index contributed by atoms with van der Waals surface area (Å²) in [6.45, 7) is 0.964. The van der Waals surface area contributed by atoms with E-state index in [0.717, 1.165) is 19.1 Å². The van der Waals surface area contributed by atoms with Gasteiger partial charge in [0.15, 0.2) is 15.4 Å². The van der Waals surface area contributed by atoms with Gasteiger partial charge in [-0.05, 0) is 49.2 Å². The normalized spacial score (nSPS) is 15.2. The molecule has 0 saturated carbocycles. The second kappa shape index (κ2) is 8.76. The Morgan fingerprint density at radius 2 is 1.64 bits per heavy atom. The highest BCUT2D eigenvalue weighted by atomic mass is 32.2. The van der Waals surface area contributed by atoms with Gasteiger partial charge < -0.3 is 9.73 Å². The van der Waals surface area contributed by atoms with Crippen LogP contribution in [0.1, 0.15) is 19.3 Å². The van der Waals surface area contributed by atoms with Crippen molar-refractivity contribution in [3.63, 3.8) is 0 Å². The Bertz CT molecular complexity index is 1460. The minimum Gasteiger partial charge on any atom is -0.408 e. The summed E-state index contributed by atoms with van der Waals surface area (Å²) in [7, 11) is -6.98. The molecule has 0 atom stereocenters. The zero-order valence-electron chi connectivity index (χ0n) is 17.9. The van der Waals surface area contributed by atoms with Gasteiger partial charge in [0.25, 0.3) is 0 Å². The van der Waals surface area contributed by atoms with Crippen molar-refractivity contribution in [1.29, 1.82) is 0 Å². The molecule has 0 aliphatic carbocycles. The molecule has 176 valence electrons. The summed E-state index contributed by atoms with van der Waals surface area (Å²) in [6, 6.07) is 10.0. The molecule has 1 aromatic heterocycles. The first kappa shape index (κ1) is 23.2. The molecule has 1 amide bonds. The third kappa shape index (κ3) is 4.87. The average Bonchev–Trinajstić information content (AvgIpc) is 3.39. The van der Waals surface area contributed by atoms with Crippen LogP contribution >= 0.6 is 0 Å². The number of carbonyl (C=O) groups excluding carboxylic acids is 1. The summed E-state index contributed by atoms with van der Waals surface area (Å²) in [5, 5.41) is 2.65. The number of anilines is 1. The van der Waals surface area contributed by atoms with Crippen LogP contribution in [0.15, 0.2) is 61.5 Å². The monoisotopic (exact) mass is 493 g/mol. The number of nitrogens with zero attached hydrogens (tertiary/aromatic N) is 2. The number of carbonyl (C=O) groups is 1. The van der Waals surface area contributed by atoms with E-state index in [-0.39, 0.29) is 34.2 Å². The van der Waals surface area contributed by atoms with Crippen LogP contribution in [0.25, 0.3) is 11.1 Å². The van der Waals surface area contributed by atoms with Crippen molar-refractivity contribution in [2.45, 2.75) is 35.6 Å². The van der Waals surface area contributed by atoms with E-state index < -0.39 is 25.6 Å². The van der Waals surface area contributed by atoms with Gasteiger partial charge in [0.05, 0.1) is 15.3 Å². The first-order chi connectivity index (χ1) is 15.6. The number of oxazole rings is 1. The highest BCUT2D eigenvalue weighted by molar-refractivity contribution is 7.90. The van der Waals surface area contributed by atoms with Gasteiger partial charge in [-0.15, -0.1) is 0 Å². The molecular weight excluding hydrogens is 470 g/mol. The summed E-state index contributed by atoms with van der Waals surface area (Å²) in [4.78, 5) is 24.8. The van der Waals surface area contributed by atoms with Crippen LogP contribution in [0.3, 0.4) is 0 Å². The van der Waals surface area contributed by atoms with Gasteiger partial charge in [-0.1, -0.05) is 0 Å². The third-order valence-corrected chi connectivity index (χ3v) is 8.49. The second-order valence-corrected chi connectivity index (χ2v) is 11.8. The zero-order chi connectivity index (χ0) is 23.8. The van der Waals surface area contributed by atoms with Crippen molar-refractivity contribution in [1.82, 2.24) is 8.87 Å². The molecule has 1 aliphatic rings. The van der Waals surface area contributed by atoms with Gasteiger partial charge in [0, 0.05) is 44.1 Å². The number of hydrogen-bond donors (Lipinski definition) is 1. The van der Waals surface area contributed by atoms with Crippen LogP contribution in [-0.2, 0) is 31.2 Å². The van der Waals surface area contributed by atoms with Crippen molar-refractivity contribution in [3.05, 3.63) is 53.0 Å². The molecule has 33 heavy (non-hydrogen) atoms. The van der Waals surface area contributed by atoms with E-state index in [9.17, 15) is 26.4 Å². The van der Waals surface area contributed by atoms with E-state index in [1.807, 2.05) is 0 Å². The van der Waals surface area contributed by atoms with E-state index in [2.05, 4.69) is 5.32 Å². The molecule has 1 saturated heterocycles. The van der Waals surface area contributed by atoms with Crippen molar-refractivity contribution in [3.8, 4) is 0 Å². The number of nitrogens with one attached hydrogen (secondary N) is 1. The average molecular weight is 494 g/mol. The SMILES string of the molecule is CS(=O)(=O)c1ccc(NC(=O)CCn2c(=O)oc3cc(S(=O)(=O)N4CCCC4)ccc32)cc1. The first-order valence-electron chi connectivity index (χ1n) is 10.3. The van der Waals surface area contributed by atoms with Gasteiger partial charge in [-0.25, -0.2) is 21.6 Å². The molecule has 0 radical (unpaired) electrons. The molecular formula is C21H23N3O7S2. The summed E-state index contributed by atoms with van der Waals surface area (Å²) in [5.74, 6) is -1.07. The van der Waals surface area contributed by atoms with Crippen molar-refractivity contribution in [2.24, 2.45) is 0 Å². The Hall–Kier alpha value is -2.96. The molecule has 10 nitrogen and oxygen atoms in total. The third-order valence-electron chi connectivity index (χ3n) is 5.47. The van der Waals surface area contributed by atoms with Crippen molar-refractivity contribution < 1.29 is 26.0 Å². The molecule has 12 heteroatoms. The maximum atomic E-state index is 12.7. The fourth-order valence-electron chi connectivity index (χ4n) is 3.72. The summed E-state index contributed by atoms with van der Waals surface area (Å²) in [5.41, 5.74) is 0.955. The predicted octanol–water partition coefficient (Wildman–Crippen LogP) is 1.81. The molecule has 0 spiro atoms. The molecule has 2 heterocycles. The lowest BCUT2D eigenvalue weighted by Crippen LogP contribution is -2.27. The lowest BCUT2D eigenvalue weighted by molar-refractivity contribution is -0.116. The van der Waals surface area contributed by atoms with Gasteiger partial charge in [0.1, 0.15) is 0 Å². The summed E-state index contributed by atoms with van der Waals surface area (Å²) in [6.07, 6.45) is 2.68. The Balaban J connectivity index is 1.47. The highest BCUT2D eigenvalue weighted by Crippen LogP contribution is 2.24. The highest BCUT2D eigenvalue weighted by Gasteiger charge is 2.28. The number of rotatable bonds is 7. The predicted molar refractivity (Wildman–Crippen MR) is 121 cm³/mol. The number of fused-ring (bicyclic) bond motifs is 1. The first-order valence-corrected chi connectivity index (χ1v) is 13.6. The molecule has 3 aromatic rings. The number of aryl methyl sites for hydroxylation is 1. The Labute approximate surface area is 190 Å². The van der Waals surface area contributed by atoms with Gasteiger partial charge >= 0.3 is 5.76 Å². The minimum atomic E-state index is -3.65. The van der Waals surface area contributed by atoms with Crippen LogP contribution in [0.5, 0.6) is 0 Å². The number of sulfone groups is 1. The molecule has 1 N–H and O–H groups in total. The lowest BCUT2D eigenvalue weighted by Gasteiger charge is -2.15. The van der Waals surface area contributed by atoms with Crippen LogP contribution < -0.4 is 11.1 Å². The maximum Gasteiger partial charge on any atom is 0.419 e. The zero-order valence-corrected chi connectivity index (χ0v) is 19.5. The Kier molecular flexibility index (Phi) is 6.16. The van der Waals surface area contributed by atoms with E-state index in [4.69, 9.17) is 4.42 Å². The number of benzene rings is 2. The lowest BCUT2D eigenvalue weighted by atomic mass is 10.3. The van der Waals surface area contributed by atoms with Crippen LogP contribution in [0.2, 0.25) is 0 Å². The second-order valence-electron chi connectivity index (χ2n) is 7.86. The van der Waals surface area contributed by atoms with E-state index in [1.54, 1.807) is 0 Å². The van der Waals surface area contributed by atoms with E-state index >= 15 is 0 Å². The van der Waals surface area contributed by atoms with Crippen LogP contribution in [-0.4, -0.2) is 51.0 Å². The number of sulfonamides is 1. The van der Waals surface area contributed by atoms with Gasteiger partial charge in [0.2, 0.25) is 15.9 Å². The fraction of sp³-hybridized carbons (Fsp3) is 0.333. The smallest absolute Gasteiger partial charge is 0.408 e. The quantitative estimate of drug-likeness (QED) is 0.530. The molecule has 4 rings (SSSR count). The summed E-state index contributed by atoms with van der Waals surface area (Å²) >= 11 is 0.